The molecule has 0 bridgehead atoms. The molecule has 2 unspecified atom stereocenters. The third kappa shape index (κ3) is 3.12. The second kappa shape index (κ2) is 5.73. The van der Waals surface area contributed by atoms with Crippen molar-refractivity contribution in [1.29, 1.82) is 0 Å². The Hall–Kier alpha value is -1.25. The molecule has 0 aromatic heterocycles. The summed E-state index contributed by atoms with van der Waals surface area (Å²) in [7, 11) is 1.59. The quantitative estimate of drug-likeness (QED) is 0.825. The van der Waals surface area contributed by atoms with Crippen LogP contribution in [-0.2, 0) is 0 Å². The van der Waals surface area contributed by atoms with Gasteiger partial charge in [-0.3, -0.25) is 0 Å². The van der Waals surface area contributed by atoms with Gasteiger partial charge in [0.25, 0.3) is 0 Å². The maximum Gasteiger partial charge on any atom is 0.142 e. The van der Waals surface area contributed by atoms with E-state index in [0.717, 1.165) is 12.1 Å². The Balaban J connectivity index is 2.82. The molecule has 90 valence electrons. The number of benzene rings is 1. The van der Waals surface area contributed by atoms with E-state index < -0.39 is 0 Å². The highest BCUT2D eigenvalue weighted by Crippen LogP contribution is 2.26. The molecule has 1 aromatic rings. The van der Waals surface area contributed by atoms with Gasteiger partial charge in [0, 0.05) is 12.1 Å². The number of rotatable bonds is 5. The van der Waals surface area contributed by atoms with Crippen molar-refractivity contribution in [3.05, 3.63) is 24.0 Å². The van der Waals surface area contributed by atoms with E-state index in [2.05, 4.69) is 26.1 Å². The van der Waals surface area contributed by atoms with Gasteiger partial charge in [0.2, 0.25) is 0 Å². The fourth-order valence-corrected chi connectivity index (χ4v) is 1.53. The van der Waals surface area contributed by atoms with Gasteiger partial charge in [-0.2, -0.15) is 0 Å². The molecule has 0 heterocycles. The summed E-state index contributed by atoms with van der Waals surface area (Å²) < 4.78 is 18.3. The van der Waals surface area contributed by atoms with Gasteiger partial charge < -0.3 is 10.1 Å². The molecule has 16 heavy (non-hydrogen) atoms. The Morgan fingerprint density at radius 1 is 1.38 bits per heavy atom. The molecule has 1 aromatic carbocycles. The van der Waals surface area contributed by atoms with Crippen LogP contribution < -0.4 is 10.1 Å². The van der Waals surface area contributed by atoms with Crippen LogP contribution in [-0.4, -0.2) is 13.2 Å². The summed E-state index contributed by atoms with van der Waals surface area (Å²) in [4.78, 5) is 0. The van der Waals surface area contributed by atoms with Crippen molar-refractivity contribution in [2.24, 2.45) is 5.92 Å². The van der Waals surface area contributed by atoms with Gasteiger partial charge in [0.15, 0.2) is 0 Å². The van der Waals surface area contributed by atoms with Crippen LogP contribution >= 0.6 is 0 Å². The van der Waals surface area contributed by atoms with Crippen LogP contribution in [0.25, 0.3) is 0 Å². The minimum atomic E-state index is -0.250. The summed E-state index contributed by atoms with van der Waals surface area (Å²) >= 11 is 0. The van der Waals surface area contributed by atoms with Crippen LogP contribution in [0.1, 0.15) is 27.2 Å². The second-order valence-corrected chi connectivity index (χ2v) is 4.16. The minimum absolute atomic E-state index is 0.250. The van der Waals surface area contributed by atoms with Crippen LogP contribution in [0.5, 0.6) is 5.75 Å². The number of ether oxygens (including phenoxy) is 1. The molecule has 0 aliphatic rings. The van der Waals surface area contributed by atoms with Crippen molar-refractivity contribution in [2.75, 3.05) is 12.4 Å². The molecular formula is C13H20FNO. The van der Waals surface area contributed by atoms with E-state index in [9.17, 15) is 4.39 Å². The summed E-state index contributed by atoms with van der Waals surface area (Å²) in [5, 5.41) is 3.29. The number of methoxy groups -OCH3 is 1. The SMILES string of the molecule is CCC(C)C(C)Nc1cc(F)ccc1OC. The molecule has 2 atom stereocenters. The molecule has 0 aliphatic carbocycles. The van der Waals surface area contributed by atoms with Gasteiger partial charge in [0.1, 0.15) is 11.6 Å². The van der Waals surface area contributed by atoms with E-state index in [1.54, 1.807) is 13.2 Å². The maximum absolute atomic E-state index is 13.1. The molecule has 0 radical (unpaired) electrons. The lowest BCUT2D eigenvalue weighted by atomic mass is 10.0. The van der Waals surface area contributed by atoms with E-state index in [4.69, 9.17) is 4.74 Å². The van der Waals surface area contributed by atoms with E-state index in [-0.39, 0.29) is 5.82 Å². The van der Waals surface area contributed by atoms with Crippen molar-refractivity contribution < 1.29 is 9.13 Å². The molecule has 0 saturated heterocycles. The Morgan fingerprint density at radius 2 is 2.06 bits per heavy atom. The molecule has 1 rings (SSSR count). The van der Waals surface area contributed by atoms with Crippen LogP contribution in [0, 0.1) is 11.7 Å². The standard InChI is InChI=1S/C13H20FNO/c1-5-9(2)10(3)15-12-8-11(14)6-7-13(12)16-4/h6-10,15H,5H2,1-4H3. The Bertz CT molecular complexity index is 341. The molecule has 0 amide bonds. The van der Waals surface area contributed by atoms with Crippen molar-refractivity contribution >= 4 is 5.69 Å². The molecular weight excluding hydrogens is 205 g/mol. The van der Waals surface area contributed by atoms with E-state index in [0.29, 0.717) is 17.7 Å². The van der Waals surface area contributed by atoms with Gasteiger partial charge in [0.05, 0.1) is 12.8 Å². The lowest BCUT2D eigenvalue weighted by molar-refractivity contribution is 0.413. The number of hydrogen-bond acceptors (Lipinski definition) is 2. The highest BCUT2D eigenvalue weighted by Gasteiger charge is 2.12. The normalized spacial score (nSPS) is 14.3. The first-order valence-corrected chi connectivity index (χ1v) is 5.68. The fourth-order valence-electron chi connectivity index (χ4n) is 1.53. The molecule has 3 heteroatoms. The molecule has 0 spiro atoms. The van der Waals surface area contributed by atoms with Gasteiger partial charge in [-0.1, -0.05) is 20.3 Å². The average molecular weight is 225 g/mol. The topological polar surface area (TPSA) is 21.3 Å². The van der Waals surface area contributed by atoms with Crippen molar-refractivity contribution in [3.63, 3.8) is 0 Å². The van der Waals surface area contributed by atoms with Crippen molar-refractivity contribution in [2.45, 2.75) is 33.2 Å². The number of nitrogens with one attached hydrogen (secondary N) is 1. The largest absolute Gasteiger partial charge is 0.495 e. The summed E-state index contributed by atoms with van der Waals surface area (Å²) in [6.45, 7) is 6.41. The van der Waals surface area contributed by atoms with Crippen LogP contribution in [0.15, 0.2) is 18.2 Å². The predicted molar refractivity (Wildman–Crippen MR) is 65.5 cm³/mol. The number of halogens is 1. The zero-order valence-electron chi connectivity index (χ0n) is 10.4. The van der Waals surface area contributed by atoms with Gasteiger partial charge >= 0.3 is 0 Å². The zero-order valence-corrected chi connectivity index (χ0v) is 10.4. The molecule has 0 saturated carbocycles. The zero-order chi connectivity index (χ0) is 12.1. The predicted octanol–water partition coefficient (Wildman–Crippen LogP) is 3.68. The van der Waals surface area contributed by atoms with E-state index >= 15 is 0 Å². The van der Waals surface area contributed by atoms with E-state index in [1.807, 2.05) is 0 Å². The number of anilines is 1. The van der Waals surface area contributed by atoms with Crippen LogP contribution in [0.3, 0.4) is 0 Å². The highest BCUT2D eigenvalue weighted by atomic mass is 19.1. The molecule has 2 nitrogen and oxygen atoms in total. The summed E-state index contributed by atoms with van der Waals surface area (Å²) in [6.07, 6.45) is 1.09. The summed E-state index contributed by atoms with van der Waals surface area (Å²) in [5.74, 6) is 0.962. The van der Waals surface area contributed by atoms with Gasteiger partial charge in [-0.25, -0.2) is 4.39 Å². The van der Waals surface area contributed by atoms with Crippen molar-refractivity contribution in [1.82, 2.24) is 0 Å². The van der Waals surface area contributed by atoms with E-state index in [1.165, 1.54) is 12.1 Å². The molecule has 0 fully saturated rings. The Morgan fingerprint density at radius 3 is 2.62 bits per heavy atom. The second-order valence-electron chi connectivity index (χ2n) is 4.16. The number of hydrogen-bond donors (Lipinski definition) is 1. The third-order valence-corrected chi connectivity index (χ3v) is 3.04. The highest BCUT2D eigenvalue weighted by molar-refractivity contribution is 5.57. The first kappa shape index (κ1) is 12.8. The molecule has 0 aliphatic heterocycles. The maximum atomic E-state index is 13.1. The smallest absolute Gasteiger partial charge is 0.142 e. The third-order valence-electron chi connectivity index (χ3n) is 3.04. The average Bonchev–Trinajstić information content (AvgIpc) is 2.28. The lowest BCUT2D eigenvalue weighted by Crippen LogP contribution is -2.23. The first-order valence-electron chi connectivity index (χ1n) is 5.68. The minimum Gasteiger partial charge on any atom is -0.495 e. The Kier molecular flexibility index (Phi) is 4.59. The molecule has 1 N–H and O–H groups in total. The van der Waals surface area contributed by atoms with Crippen molar-refractivity contribution in [3.8, 4) is 5.75 Å². The monoisotopic (exact) mass is 225 g/mol. The van der Waals surface area contributed by atoms with Crippen LogP contribution in [0.4, 0.5) is 10.1 Å². The fraction of sp³-hybridized carbons (Fsp3) is 0.538. The summed E-state index contributed by atoms with van der Waals surface area (Å²) in [5.41, 5.74) is 0.718. The van der Waals surface area contributed by atoms with Gasteiger partial charge in [-0.05, 0) is 25.0 Å². The summed E-state index contributed by atoms with van der Waals surface area (Å²) in [6, 6.07) is 4.80. The van der Waals surface area contributed by atoms with Gasteiger partial charge in [-0.15, -0.1) is 0 Å². The lowest BCUT2D eigenvalue weighted by Gasteiger charge is -2.22. The Labute approximate surface area is 96.8 Å². The first-order chi connectivity index (χ1) is 7.58. The van der Waals surface area contributed by atoms with Crippen LogP contribution in [0.2, 0.25) is 0 Å².